The van der Waals surface area contributed by atoms with Crippen LogP contribution < -0.4 is 5.32 Å². The maximum atomic E-state index is 11.8. The van der Waals surface area contributed by atoms with Crippen LogP contribution in [0.15, 0.2) is 18.2 Å². The Hall–Kier alpha value is -1.84. The van der Waals surface area contributed by atoms with Crippen molar-refractivity contribution >= 4 is 11.9 Å². The highest BCUT2D eigenvalue weighted by atomic mass is 16.5. The Labute approximate surface area is 133 Å². The summed E-state index contributed by atoms with van der Waals surface area (Å²) in [5, 5.41) is 2.93. The van der Waals surface area contributed by atoms with Gasteiger partial charge in [-0.05, 0) is 44.2 Å². The van der Waals surface area contributed by atoms with E-state index in [1.165, 1.54) is 23.8 Å². The van der Waals surface area contributed by atoms with Crippen molar-refractivity contribution in [1.82, 2.24) is 5.32 Å². The first kappa shape index (κ1) is 18.2. The highest BCUT2D eigenvalue weighted by molar-refractivity contribution is 5.76. The van der Waals surface area contributed by atoms with E-state index >= 15 is 0 Å². The zero-order valence-electron chi connectivity index (χ0n) is 13.9. The van der Waals surface area contributed by atoms with Crippen molar-refractivity contribution in [2.75, 3.05) is 13.7 Å². The summed E-state index contributed by atoms with van der Waals surface area (Å²) in [6, 6.07) is 6.33. The summed E-state index contributed by atoms with van der Waals surface area (Å²) < 4.78 is 4.58. The molecule has 0 bridgehead atoms. The fourth-order valence-corrected chi connectivity index (χ4v) is 2.36. The molecule has 1 aromatic rings. The van der Waals surface area contributed by atoms with E-state index in [1.807, 2.05) is 0 Å². The molecule has 22 heavy (non-hydrogen) atoms. The van der Waals surface area contributed by atoms with Crippen molar-refractivity contribution in [3.63, 3.8) is 0 Å². The van der Waals surface area contributed by atoms with Crippen LogP contribution in [0.4, 0.5) is 0 Å². The van der Waals surface area contributed by atoms with Crippen LogP contribution in [0, 0.1) is 13.8 Å². The second kappa shape index (κ2) is 9.98. The zero-order valence-corrected chi connectivity index (χ0v) is 13.9. The number of benzene rings is 1. The number of amides is 1. The molecule has 0 radical (unpaired) electrons. The maximum Gasteiger partial charge on any atom is 0.305 e. The molecule has 0 aliphatic heterocycles. The average molecular weight is 305 g/mol. The fraction of sp³-hybridized carbons (Fsp3) is 0.556. The second-order valence-corrected chi connectivity index (χ2v) is 5.67. The second-order valence-electron chi connectivity index (χ2n) is 5.67. The summed E-state index contributed by atoms with van der Waals surface area (Å²) in [5.41, 5.74) is 3.73. The Morgan fingerprint density at radius 1 is 1.09 bits per heavy atom. The number of nitrogens with one attached hydrogen (secondary N) is 1. The Bertz CT molecular complexity index is 497. The van der Waals surface area contributed by atoms with Crippen LogP contribution in [-0.2, 0) is 20.7 Å². The van der Waals surface area contributed by atoms with Gasteiger partial charge in [-0.1, -0.05) is 30.2 Å². The van der Waals surface area contributed by atoms with Crippen molar-refractivity contribution in [3.8, 4) is 0 Å². The molecule has 1 aromatic carbocycles. The number of esters is 1. The van der Waals surface area contributed by atoms with Crippen molar-refractivity contribution < 1.29 is 14.3 Å². The normalized spacial score (nSPS) is 10.3. The first-order valence-electron chi connectivity index (χ1n) is 7.92. The highest BCUT2D eigenvalue weighted by Crippen LogP contribution is 2.12. The van der Waals surface area contributed by atoms with Crippen molar-refractivity contribution in [2.24, 2.45) is 0 Å². The van der Waals surface area contributed by atoms with Crippen LogP contribution in [0.25, 0.3) is 0 Å². The first-order chi connectivity index (χ1) is 10.5. The number of unbranched alkanes of at least 4 members (excludes halogenated alkanes) is 2. The number of hydrogen-bond donors (Lipinski definition) is 1. The van der Waals surface area contributed by atoms with Gasteiger partial charge in [0, 0.05) is 19.4 Å². The molecular formula is C18H27NO3. The SMILES string of the molecule is COC(=O)CCCCCNC(=O)CCc1ccc(C)cc1C. The number of aryl methyl sites for hydroxylation is 3. The van der Waals surface area contributed by atoms with Crippen LogP contribution in [0.3, 0.4) is 0 Å². The Kier molecular flexibility index (Phi) is 8.26. The van der Waals surface area contributed by atoms with Gasteiger partial charge in [0.15, 0.2) is 0 Å². The molecule has 0 spiro atoms. The van der Waals surface area contributed by atoms with E-state index < -0.39 is 0 Å². The third kappa shape index (κ3) is 7.25. The summed E-state index contributed by atoms with van der Waals surface area (Å²) in [5.74, 6) is -0.0783. The molecule has 1 rings (SSSR count). The molecule has 0 unspecified atom stereocenters. The van der Waals surface area contributed by atoms with E-state index in [0.29, 0.717) is 19.4 Å². The summed E-state index contributed by atoms with van der Waals surface area (Å²) in [7, 11) is 1.40. The zero-order chi connectivity index (χ0) is 16.4. The average Bonchev–Trinajstić information content (AvgIpc) is 2.49. The van der Waals surface area contributed by atoms with E-state index in [0.717, 1.165) is 25.7 Å². The predicted octanol–water partition coefficient (Wildman–Crippen LogP) is 3.09. The molecule has 0 aliphatic carbocycles. The van der Waals surface area contributed by atoms with Gasteiger partial charge in [-0.15, -0.1) is 0 Å². The van der Waals surface area contributed by atoms with Crippen LogP contribution in [-0.4, -0.2) is 25.5 Å². The van der Waals surface area contributed by atoms with Gasteiger partial charge in [-0.3, -0.25) is 9.59 Å². The minimum atomic E-state index is -0.169. The number of ether oxygens (including phenoxy) is 1. The van der Waals surface area contributed by atoms with Gasteiger partial charge in [0.25, 0.3) is 0 Å². The fourth-order valence-electron chi connectivity index (χ4n) is 2.36. The number of methoxy groups -OCH3 is 1. The molecule has 0 aromatic heterocycles. The lowest BCUT2D eigenvalue weighted by Crippen LogP contribution is -2.24. The summed E-state index contributed by atoms with van der Waals surface area (Å²) in [4.78, 5) is 22.7. The quantitative estimate of drug-likeness (QED) is 0.563. The largest absolute Gasteiger partial charge is 0.469 e. The van der Waals surface area contributed by atoms with Gasteiger partial charge >= 0.3 is 5.97 Å². The number of carbonyl (C=O) groups excluding carboxylic acids is 2. The standard InChI is InChI=1S/C18H27NO3/c1-14-8-9-16(15(2)13-14)10-11-17(20)19-12-6-4-5-7-18(21)22-3/h8-9,13H,4-7,10-12H2,1-3H3,(H,19,20). The van der Waals surface area contributed by atoms with Gasteiger partial charge in [-0.2, -0.15) is 0 Å². The van der Waals surface area contributed by atoms with E-state index in [-0.39, 0.29) is 11.9 Å². The predicted molar refractivity (Wildman–Crippen MR) is 87.7 cm³/mol. The maximum absolute atomic E-state index is 11.8. The first-order valence-corrected chi connectivity index (χ1v) is 7.92. The third-order valence-electron chi connectivity index (χ3n) is 3.73. The Morgan fingerprint density at radius 3 is 2.55 bits per heavy atom. The molecule has 0 fully saturated rings. The topological polar surface area (TPSA) is 55.4 Å². The van der Waals surface area contributed by atoms with Crippen molar-refractivity contribution in [3.05, 3.63) is 34.9 Å². The van der Waals surface area contributed by atoms with E-state index in [9.17, 15) is 9.59 Å². The van der Waals surface area contributed by atoms with E-state index in [1.54, 1.807) is 0 Å². The number of carbonyl (C=O) groups is 2. The van der Waals surface area contributed by atoms with Gasteiger partial charge in [-0.25, -0.2) is 0 Å². The number of hydrogen-bond acceptors (Lipinski definition) is 3. The molecule has 1 N–H and O–H groups in total. The minimum absolute atomic E-state index is 0.0907. The minimum Gasteiger partial charge on any atom is -0.469 e. The summed E-state index contributed by atoms with van der Waals surface area (Å²) in [6.07, 6.45) is 4.38. The lowest BCUT2D eigenvalue weighted by molar-refractivity contribution is -0.140. The van der Waals surface area contributed by atoms with E-state index in [4.69, 9.17) is 0 Å². The Balaban J connectivity index is 2.12. The van der Waals surface area contributed by atoms with Crippen LogP contribution in [0.1, 0.15) is 48.8 Å². The van der Waals surface area contributed by atoms with Crippen LogP contribution >= 0.6 is 0 Å². The molecule has 4 nitrogen and oxygen atoms in total. The molecular weight excluding hydrogens is 278 g/mol. The highest BCUT2D eigenvalue weighted by Gasteiger charge is 2.04. The van der Waals surface area contributed by atoms with Crippen LogP contribution in [0.5, 0.6) is 0 Å². The molecule has 122 valence electrons. The summed E-state index contributed by atoms with van der Waals surface area (Å²) in [6.45, 7) is 4.83. The van der Waals surface area contributed by atoms with Crippen molar-refractivity contribution in [1.29, 1.82) is 0 Å². The molecule has 1 amide bonds. The molecule has 4 heteroatoms. The Morgan fingerprint density at radius 2 is 1.86 bits per heavy atom. The van der Waals surface area contributed by atoms with Gasteiger partial charge in [0.05, 0.1) is 7.11 Å². The monoisotopic (exact) mass is 305 g/mol. The van der Waals surface area contributed by atoms with E-state index in [2.05, 4.69) is 42.1 Å². The number of rotatable bonds is 9. The molecule has 0 saturated carbocycles. The van der Waals surface area contributed by atoms with Gasteiger partial charge in [0.1, 0.15) is 0 Å². The summed E-state index contributed by atoms with van der Waals surface area (Å²) >= 11 is 0. The van der Waals surface area contributed by atoms with Gasteiger partial charge < -0.3 is 10.1 Å². The lowest BCUT2D eigenvalue weighted by Gasteiger charge is -2.08. The van der Waals surface area contributed by atoms with Crippen molar-refractivity contribution in [2.45, 2.75) is 52.4 Å². The third-order valence-corrected chi connectivity index (χ3v) is 3.73. The molecule has 0 saturated heterocycles. The smallest absolute Gasteiger partial charge is 0.305 e. The van der Waals surface area contributed by atoms with Crippen LogP contribution in [0.2, 0.25) is 0 Å². The molecule has 0 aliphatic rings. The molecule has 0 heterocycles. The van der Waals surface area contributed by atoms with Gasteiger partial charge in [0.2, 0.25) is 5.91 Å². The molecule has 0 atom stereocenters. The lowest BCUT2D eigenvalue weighted by atomic mass is 10.0.